The summed E-state index contributed by atoms with van der Waals surface area (Å²) in [5.41, 5.74) is 1.89. The van der Waals surface area contributed by atoms with E-state index in [1.807, 2.05) is 24.3 Å². The Morgan fingerprint density at radius 3 is 3.00 bits per heavy atom. The number of amides is 2. The van der Waals surface area contributed by atoms with Gasteiger partial charge in [-0.1, -0.05) is 24.3 Å². The molecule has 0 aliphatic carbocycles. The molecular formula is C12H14N2O3. The van der Waals surface area contributed by atoms with Crippen LogP contribution in [0.3, 0.4) is 0 Å². The molecule has 2 N–H and O–H groups in total. The summed E-state index contributed by atoms with van der Waals surface area (Å²) in [5, 5.41) is 5.30. The fourth-order valence-corrected chi connectivity index (χ4v) is 1.93. The molecule has 0 radical (unpaired) electrons. The smallest absolute Gasteiger partial charge is 0.407 e. The largest absolute Gasteiger partial charge is 0.453 e. The van der Waals surface area contributed by atoms with Crippen molar-refractivity contribution < 1.29 is 14.3 Å². The van der Waals surface area contributed by atoms with E-state index in [4.69, 9.17) is 0 Å². The SMILES string of the molecule is COC(=O)N[C@H]1C(=O)NCCc2ccccc21. The van der Waals surface area contributed by atoms with Gasteiger partial charge in [0.2, 0.25) is 5.91 Å². The number of alkyl carbamates (subject to hydrolysis) is 1. The first kappa shape index (κ1) is 11.4. The summed E-state index contributed by atoms with van der Waals surface area (Å²) in [6.07, 6.45) is 0.156. The van der Waals surface area contributed by atoms with Gasteiger partial charge in [0.25, 0.3) is 0 Å². The highest BCUT2D eigenvalue weighted by atomic mass is 16.5. The fraction of sp³-hybridized carbons (Fsp3) is 0.333. The van der Waals surface area contributed by atoms with Gasteiger partial charge < -0.3 is 15.4 Å². The molecule has 0 fully saturated rings. The van der Waals surface area contributed by atoms with E-state index in [2.05, 4.69) is 15.4 Å². The van der Waals surface area contributed by atoms with Crippen LogP contribution >= 0.6 is 0 Å². The third-order valence-electron chi connectivity index (χ3n) is 2.77. The van der Waals surface area contributed by atoms with Crippen molar-refractivity contribution in [2.24, 2.45) is 0 Å². The molecule has 17 heavy (non-hydrogen) atoms. The van der Waals surface area contributed by atoms with E-state index in [1.54, 1.807) is 0 Å². The van der Waals surface area contributed by atoms with Gasteiger partial charge in [0.1, 0.15) is 6.04 Å². The molecule has 0 saturated heterocycles. The molecule has 0 aromatic heterocycles. The number of hydrogen-bond acceptors (Lipinski definition) is 3. The Kier molecular flexibility index (Phi) is 3.27. The molecule has 0 bridgehead atoms. The van der Waals surface area contributed by atoms with Gasteiger partial charge in [0.15, 0.2) is 0 Å². The molecule has 0 unspecified atom stereocenters. The minimum atomic E-state index is -0.679. The number of nitrogens with one attached hydrogen (secondary N) is 2. The van der Waals surface area contributed by atoms with E-state index in [9.17, 15) is 9.59 Å². The topological polar surface area (TPSA) is 67.4 Å². The molecule has 5 heteroatoms. The lowest BCUT2D eigenvalue weighted by atomic mass is 9.99. The van der Waals surface area contributed by atoms with Crippen LogP contribution < -0.4 is 10.6 Å². The Balaban J connectivity index is 2.33. The highest BCUT2D eigenvalue weighted by Gasteiger charge is 2.27. The van der Waals surface area contributed by atoms with Crippen LogP contribution in [0.1, 0.15) is 17.2 Å². The van der Waals surface area contributed by atoms with Crippen molar-refractivity contribution in [3.8, 4) is 0 Å². The van der Waals surface area contributed by atoms with Crippen molar-refractivity contribution in [1.82, 2.24) is 10.6 Å². The van der Waals surface area contributed by atoms with Crippen molar-refractivity contribution in [3.63, 3.8) is 0 Å². The van der Waals surface area contributed by atoms with Crippen LogP contribution in [0.5, 0.6) is 0 Å². The van der Waals surface area contributed by atoms with Gasteiger partial charge in [-0.25, -0.2) is 4.79 Å². The Labute approximate surface area is 99.2 Å². The Bertz CT molecular complexity index is 445. The van der Waals surface area contributed by atoms with Crippen LogP contribution in [0.4, 0.5) is 4.79 Å². The van der Waals surface area contributed by atoms with Crippen LogP contribution in [0.15, 0.2) is 24.3 Å². The van der Waals surface area contributed by atoms with E-state index in [1.165, 1.54) is 7.11 Å². The summed E-state index contributed by atoms with van der Waals surface area (Å²) in [6, 6.07) is 6.90. The van der Waals surface area contributed by atoms with Gasteiger partial charge in [0.05, 0.1) is 7.11 Å². The van der Waals surface area contributed by atoms with Crippen molar-refractivity contribution in [2.45, 2.75) is 12.5 Å². The van der Waals surface area contributed by atoms with Crippen molar-refractivity contribution >= 4 is 12.0 Å². The van der Waals surface area contributed by atoms with Crippen molar-refractivity contribution in [3.05, 3.63) is 35.4 Å². The zero-order valence-corrected chi connectivity index (χ0v) is 9.53. The summed E-state index contributed by atoms with van der Waals surface area (Å²) < 4.78 is 4.53. The van der Waals surface area contributed by atoms with Gasteiger partial charge >= 0.3 is 6.09 Å². The normalized spacial score (nSPS) is 18.6. The van der Waals surface area contributed by atoms with Gasteiger partial charge in [-0.15, -0.1) is 0 Å². The molecule has 2 rings (SSSR count). The molecule has 1 atom stereocenters. The maximum Gasteiger partial charge on any atom is 0.407 e. The van der Waals surface area contributed by atoms with Gasteiger partial charge in [-0.05, 0) is 17.5 Å². The number of hydrogen-bond donors (Lipinski definition) is 2. The van der Waals surface area contributed by atoms with Gasteiger partial charge in [0, 0.05) is 6.54 Å². The molecule has 1 aliphatic heterocycles. The zero-order chi connectivity index (χ0) is 12.3. The van der Waals surface area contributed by atoms with Gasteiger partial charge in [-0.2, -0.15) is 0 Å². The van der Waals surface area contributed by atoms with Crippen molar-refractivity contribution in [1.29, 1.82) is 0 Å². The molecule has 1 heterocycles. The maximum atomic E-state index is 11.8. The van der Waals surface area contributed by atoms with E-state index in [-0.39, 0.29) is 5.91 Å². The quantitative estimate of drug-likeness (QED) is 0.753. The number of methoxy groups -OCH3 is 1. The van der Waals surface area contributed by atoms with Crippen LogP contribution in [0.2, 0.25) is 0 Å². The monoisotopic (exact) mass is 234 g/mol. The maximum absolute atomic E-state index is 11.8. The lowest BCUT2D eigenvalue weighted by Crippen LogP contribution is -2.39. The molecule has 0 saturated carbocycles. The molecule has 1 aliphatic rings. The minimum absolute atomic E-state index is 0.208. The molecule has 2 amide bonds. The summed E-state index contributed by atoms with van der Waals surface area (Å²) in [5.74, 6) is -0.208. The van der Waals surface area contributed by atoms with Gasteiger partial charge in [-0.3, -0.25) is 4.79 Å². The highest BCUT2D eigenvalue weighted by Crippen LogP contribution is 2.21. The first-order chi connectivity index (χ1) is 8.22. The first-order valence-electron chi connectivity index (χ1n) is 5.42. The molecule has 5 nitrogen and oxygen atoms in total. The average molecular weight is 234 g/mol. The van der Waals surface area contributed by atoms with E-state index in [0.717, 1.165) is 17.5 Å². The van der Waals surface area contributed by atoms with Crippen LogP contribution in [-0.4, -0.2) is 25.7 Å². The number of carbonyl (C=O) groups is 2. The summed E-state index contributed by atoms with van der Waals surface area (Å²) in [6.45, 7) is 0.579. The number of rotatable bonds is 1. The number of benzene rings is 1. The number of carbonyl (C=O) groups excluding carboxylic acids is 2. The van der Waals surface area contributed by atoms with Crippen LogP contribution in [0, 0.1) is 0 Å². The standard InChI is InChI=1S/C12H14N2O3/c1-17-12(16)14-10-9-5-3-2-4-8(9)6-7-13-11(10)15/h2-5,10H,6-7H2,1H3,(H,13,15)(H,14,16)/t10-/m1/s1. The molecule has 90 valence electrons. The van der Waals surface area contributed by atoms with Crippen molar-refractivity contribution in [2.75, 3.05) is 13.7 Å². The van der Waals surface area contributed by atoms with E-state index < -0.39 is 12.1 Å². The summed E-state index contributed by atoms with van der Waals surface area (Å²) >= 11 is 0. The molecule has 1 aromatic carbocycles. The Morgan fingerprint density at radius 2 is 2.24 bits per heavy atom. The predicted octanol–water partition coefficient (Wildman–Crippen LogP) is 0.756. The second-order valence-electron chi connectivity index (χ2n) is 3.81. The molecule has 1 aromatic rings. The zero-order valence-electron chi connectivity index (χ0n) is 9.53. The van der Waals surface area contributed by atoms with Crippen LogP contribution in [0.25, 0.3) is 0 Å². The van der Waals surface area contributed by atoms with E-state index >= 15 is 0 Å². The average Bonchev–Trinajstić information content (AvgIpc) is 2.50. The second-order valence-corrected chi connectivity index (χ2v) is 3.81. The third kappa shape index (κ3) is 2.38. The Morgan fingerprint density at radius 1 is 1.47 bits per heavy atom. The first-order valence-corrected chi connectivity index (χ1v) is 5.42. The number of fused-ring (bicyclic) bond motifs is 1. The highest BCUT2D eigenvalue weighted by molar-refractivity contribution is 5.87. The van der Waals surface area contributed by atoms with E-state index in [0.29, 0.717) is 6.54 Å². The third-order valence-corrected chi connectivity index (χ3v) is 2.77. The lowest BCUT2D eigenvalue weighted by Gasteiger charge is -2.16. The molecule has 0 spiro atoms. The predicted molar refractivity (Wildman–Crippen MR) is 61.4 cm³/mol. The second kappa shape index (κ2) is 4.86. The minimum Gasteiger partial charge on any atom is -0.453 e. The molecular weight excluding hydrogens is 220 g/mol. The lowest BCUT2D eigenvalue weighted by molar-refractivity contribution is -0.122. The Hall–Kier alpha value is -2.04. The summed E-state index contributed by atoms with van der Waals surface area (Å²) in [7, 11) is 1.27. The van der Waals surface area contributed by atoms with Crippen LogP contribution in [-0.2, 0) is 16.0 Å². The number of ether oxygens (including phenoxy) is 1. The fourth-order valence-electron chi connectivity index (χ4n) is 1.93. The summed E-state index contributed by atoms with van der Waals surface area (Å²) in [4.78, 5) is 23.1.